The van der Waals surface area contributed by atoms with Crippen molar-refractivity contribution in [1.82, 2.24) is 0 Å². The Morgan fingerprint density at radius 1 is 0.405 bits per heavy atom. The van der Waals surface area contributed by atoms with Gasteiger partial charge in [0.2, 0.25) is 0 Å². The van der Waals surface area contributed by atoms with Gasteiger partial charge in [-0.15, -0.1) is 0 Å². The maximum Gasteiger partial charge on any atom is 0.305 e. The number of ether oxygens (including phenoxy) is 2. The number of esters is 2. The molecule has 0 aromatic carbocycles. The van der Waals surface area contributed by atoms with Gasteiger partial charge in [-0.2, -0.15) is 0 Å². The summed E-state index contributed by atoms with van der Waals surface area (Å²) in [6.07, 6.45) is 44.8. The Labute approximate surface area is 260 Å². The zero-order chi connectivity index (χ0) is 30.6. The summed E-state index contributed by atoms with van der Waals surface area (Å²) >= 11 is 0. The van der Waals surface area contributed by atoms with Crippen LogP contribution in [0.2, 0.25) is 0 Å². The molecule has 0 aliphatic carbocycles. The highest BCUT2D eigenvalue weighted by atomic mass is 16.6. The summed E-state index contributed by atoms with van der Waals surface area (Å²) in [4.78, 5) is 23.7. The average molecular weight is 587 g/mol. The van der Waals surface area contributed by atoms with Crippen LogP contribution in [-0.4, -0.2) is 25.2 Å². The predicted molar refractivity (Wildman–Crippen MR) is 181 cm³/mol. The largest absolute Gasteiger partial charge is 0.462 e. The molecule has 0 heterocycles. The van der Waals surface area contributed by atoms with E-state index in [9.17, 15) is 9.59 Å². The van der Waals surface area contributed by atoms with Crippen molar-refractivity contribution in [3.63, 3.8) is 0 Å². The highest BCUT2D eigenvalue weighted by molar-refractivity contribution is 5.70. The summed E-state index contributed by atoms with van der Waals surface area (Å²) in [6.45, 7) is 4.80. The van der Waals surface area contributed by atoms with Gasteiger partial charge in [-0.05, 0) is 77.0 Å². The van der Waals surface area contributed by atoms with Crippen LogP contribution >= 0.6 is 0 Å². The second kappa shape index (κ2) is 35.1. The fraction of sp³-hybridized carbons (Fsp3) is 0.737. The molecule has 4 nitrogen and oxygen atoms in total. The van der Waals surface area contributed by atoms with Crippen molar-refractivity contribution in [3.05, 3.63) is 48.6 Å². The van der Waals surface area contributed by atoms with Gasteiger partial charge < -0.3 is 9.47 Å². The van der Waals surface area contributed by atoms with Crippen LogP contribution in [0.25, 0.3) is 0 Å². The van der Waals surface area contributed by atoms with E-state index in [2.05, 4.69) is 62.5 Å². The molecule has 0 spiro atoms. The first-order valence-corrected chi connectivity index (χ1v) is 17.6. The number of carbonyl (C=O) groups excluding carboxylic acids is 2. The Hall–Kier alpha value is -2.10. The monoisotopic (exact) mass is 586 g/mol. The van der Waals surface area contributed by atoms with Crippen molar-refractivity contribution in [1.29, 1.82) is 0 Å². The molecular formula is C38H66O4. The third-order valence-electron chi connectivity index (χ3n) is 7.27. The fourth-order valence-corrected chi connectivity index (χ4v) is 4.62. The van der Waals surface area contributed by atoms with Crippen LogP contribution in [0.5, 0.6) is 0 Å². The smallest absolute Gasteiger partial charge is 0.305 e. The van der Waals surface area contributed by atoms with E-state index in [1.165, 1.54) is 77.0 Å². The molecule has 0 saturated heterocycles. The van der Waals surface area contributed by atoms with Crippen LogP contribution in [0.1, 0.15) is 168 Å². The van der Waals surface area contributed by atoms with Gasteiger partial charge >= 0.3 is 11.9 Å². The molecule has 0 N–H and O–H groups in total. The summed E-state index contributed by atoms with van der Waals surface area (Å²) in [6, 6.07) is 0. The molecule has 0 amide bonds. The van der Waals surface area contributed by atoms with Gasteiger partial charge in [-0.3, -0.25) is 9.59 Å². The lowest BCUT2D eigenvalue weighted by molar-refractivity contribution is -0.152. The van der Waals surface area contributed by atoms with E-state index in [4.69, 9.17) is 9.47 Å². The van der Waals surface area contributed by atoms with E-state index < -0.39 is 0 Å². The number of hydrogen-bond donors (Lipinski definition) is 0. The molecule has 0 aromatic heterocycles. The number of rotatable bonds is 31. The van der Waals surface area contributed by atoms with Crippen molar-refractivity contribution < 1.29 is 19.1 Å². The number of carbonyl (C=O) groups is 2. The second-order valence-corrected chi connectivity index (χ2v) is 11.4. The zero-order valence-electron chi connectivity index (χ0n) is 27.6. The van der Waals surface area contributed by atoms with E-state index in [1.54, 1.807) is 0 Å². The Morgan fingerprint density at radius 2 is 0.714 bits per heavy atom. The molecule has 0 saturated carbocycles. The van der Waals surface area contributed by atoms with Crippen LogP contribution in [0, 0.1) is 0 Å². The van der Waals surface area contributed by atoms with E-state index in [1.807, 2.05) is 0 Å². The molecule has 0 unspecified atom stereocenters. The van der Waals surface area contributed by atoms with Gasteiger partial charge in [0, 0.05) is 12.8 Å². The second-order valence-electron chi connectivity index (χ2n) is 11.4. The number of allylic oxidation sites excluding steroid dienone is 8. The molecule has 0 aromatic rings. The van der Waals surface area contributed by atoms with Crippen molar-refractivity contribution >= 4 is 11.9 Å². The van der Waals surface area contributed by atoms with Gasteiger partial charge in [-0.25, -0.2) is 0 Å². The maximum atomic E-state index is 11.9. The zero-order valence-corrected chi connectivity index (χ0v) is 27.6. The topological polar surface area (TPSA) is 52.6 Å². The highest BCUT2D eigenvalue weighted by Crippen LogP contribution is 2.10. The molecular weight excluding hydrogens is 520 g/mol. The summed E-state index contributed by atoms with van der Waals surface area (Å²) in [5.41, 5.74) is 0. The Bertz CT molecular complexity index is 644. The molecule has 0 aliphatic heterocycles. The SMILES string of the molecule is CCCCC/C=C/C/C=C/CCCCCCCC(=O)OCCOC(=O)CCCCCCC/C=C/C/C=C/CCCCC. The lowest BCUT2D eigenvalue weighted by Crippen LogP contribution is -2.13. The van der Waals surface area contributed by atoms with E-state index >= 15 is 0 Å². The van der Waals surface area contributed by atoms with Crippen LogP contribution in [0.15, 0.2) is 48.6 Å². The minimum atomic E-state index is -0.189. The Morgan fingerprint density at radius 3 is 1.07 bits per heavy atom. The van der Waals surface area contributed by atoms with Gasteiger partial charge in [-0.1, -0.05) is 127 Å². The molecule has 0 radical (unpaired) electrons. The number of hydrogen-bond acceptors (Lipinski definition) is 4. The summed E-state index contributed by atoms with van der Waals surface area (Å²) in [5, 5.41) is 0. The lowest BCUT2D eigenvalue weighted by atomic mass is 10.1. The summed E-state index contributed by atoms with van der Waals surface area (Å²) in [5.74, 6) is -0.379. The van der Waals surface area contributed by atoms with E-state index in [-0.39, 0.29) is 25.2 Å². The van der Waals surface area contributed by atoms with E-state index in [0.29, 0.717) is 12.8 Å². The normalized spacial score (nSPS) is 12.0. The molecule has 4 heteroatoms. The van der Waals surface area contributed by atoms with Crippen molar-refractivity contribution in [2.24, 2.45) is 0 Å². The first-order valence-electron chi connectivity index (χ1n) is 17.6. The molecule has 0 bridgehead atoms. The molecule has 0 atom stereocenters. The summed E-state index contributed by atoms with van der Waals surface area (Å²) < 4.78 is 10.4. The molecule has 0 aliphatic rings. The average Bonchev–Trinajstić information content (AvgIpc) is 2.99. The minimum Gasteiger partial charge on any atom is -0.462 e. The van der Waals surface area contributed by atoms with Gasteiger partial charge in [0.25, 0.3) is 0 Å². The van der Waals surface area contributed by atoms with Crippen molar-refractivity contribution in [2.45, 2.75) is 168 Å². The van der Waals surface area contributed by atoms with Crippen LogP contribution in [0.4, 0.5) is 0 Å². The van der Waals surface area contributed by atoms with Crippen molar-refractivity contribution in [2.75, 3.05) is 13.2 Å². The van der Waals surface area contributed by atoms with Gasteiger partial charge in [0.15, 0.2) is 0 Å². The fourth-order valence-electron chi connectivity index (χ4n) is 4.62. The van der Waals surface area contributed by atoms with Gasteiger partial charge in [0.1, 0.15) is 13.2 Å². The van der Waals surface area contributed by atoms with Crippen LogP contribution in [-0.2, 0) is 19.1 Å². The minimum absolute atomic E-state index is 0.160. The summed E-state index contributed by atoms with van der Waals surface area (Å²) in [7, 11) is 0. The predicted octanol–water partition coefficient (Wildman–Crippen LogP) is 11.7. The first-order chi connectivity index (χ1) is 20.7. The Kier molecular flexibility index (Phi) is 33.3. The van der Waals surface area contributed by atoms with E-state index in [0.717, 1.165) is 64.2 Å². The Balaban J connectivity index is 3.40. The van der Waals surface area contributed by atoms with Crippen molar-refractivity contribution in [3.8, 4) is 0 Å². The molecule has 0 rings (SSSR count). The highest BCUT2D eigenvalue weighted by Gasteiger charge is 2.05. The standard InChI is InChI=1S/C38H66O4/c1-3-5-7-9-11-13-15-17-19-21-23-25-27-29-31-33-37(39)41-35-36-42-38(40)34-32-30-28-26-24-22-20-18-16-14-12-10-8-6-4-2/h11-14,17-20H,3-10,15-16,21-36H2,1-2H3/b13-11+,14-12+,19-17+,20-18+. The number of unbranched alkanes of at least 4 members (excludes halogenated alkanes) is 16. The van der Waals surface area contributed by atoms with Crippen LogP contribution in [0.3, 0.4) is 0 Å². The first kappa shape index (κ1) is 39.9. The molecule has 242 valence electrons. The third kappa shape index (κ3) is 34.1. The third-order valence-corrected chi connectivity index (χ3v) is 7.27. The lowest BCUT2D eigenvalue weighted by Gasteiger charge is -2.07. The maximum absolute atomic E-state index is 11.9. The van der Waals surface area contributed by atoms with Gasteiger partial charge in [0.05, 0.1) is 0 Å². The quantitative estimate of drug-likeness (QED) is 0.0460. The van der Waals surface area contributed by atoms with Crippen LogP contribution < -0.4 is 0 Å². The molecule has 42 heavy (non-hydrogen) atoms. The molecule has 0 fully saturated rings.